The number of hydrogen-bond acceptors (Lipinski definition) is 5. The predicted molar refractivity (Wildman–Crippen MR) is 99.0 cm³/mol. The van der Waals surface area contributed by atoms with Crippen LogP contribution in [-0.4, -0.2) is 35.3 Å². The van der Waals surface area contributed by atoms with Crippen molar-refractivity contribution in [3.63, 3.8) is 0 Å². The van der Waals surface area contributed by atoms with E-state index >= 15 is 0 Å². The lowest BCUT2D eigenvalue weighted by atomic mass is 10.2. The van der Waals surface area contributed by atoms with Crippen LogP contribution in [0.1, 0.15) is 5.56 Å². The van der Waals surface area contributed by atoms with Gasteiger partial charge in [0.25, 0.3) is 0 Å². The zero-order valence-corrected chi connectivity index (χ0v) is 15.2. The first-order chi connectivity index (χ1) is 11.9. The molecule has 0 aliphatic heterocycles. The van der Waals surface area contributed by atoms with Gasteiger partial charge in [-0.3, -0.25) is 4.79 Å². The monoisotopic (exact) mass is 375 g/mol. The van der Waals surface area contributed by atoms with Crippen LogP contribution in [0.4, 0.5) is 0 Å². The Morgan fingerprint density at radius 2 is 1.80 bits per heavy atom. The Labute approximate surface area is 150 Å². The summed E-state index contributed by atoms with van der Waals surface area (Å²) in [6.45, 7) is 0.433. The van der Waals surface area contributed by atoms with E-state index in [9.17, 15) is 13.2 Å². The summed E-state index contributed by atoms with van der Waals surface area (Å²) in [5, 5.41) is 3.11. The molecule has 3 rings (SSSR count). The quantitative estimate of drug-likeness (QED) is 0.669. The molecule has 0 unspecified atom stereocenters. The Bertz CT molecular complexity index is 998. The molecule has 25 heavy (non-hydrogen) atoms. The molecule has 1 amide bonds. The Morgan fingerprint density at radius 3 is 2.52 bits per heavy atom. The molecule has 0 spiro atoms. The van der Waals surface area contributed by atoms with Gasteiger partial charge in [0, 0.05) is 6.54 Å². The summed E-state index contributed by atoms with van der Waals surface area (Å²) >= 11 is 1.10. The number of carbonyl (C=O) groups is 1. The van der Waals surface area contributed by atoms with Crippen LogP contribution in [0.3, 0.4) is 0 Å². The second-order valence-corrected chi connectivity index (χ2v) is 8.24. The fourth-order valence-corrected chi connectivity index (χ4v) is 4.51. The Balaban J connectivity index is 1.72. The van der Waals surface area contributed by atoms with Crippen LogP contribution in [-0.2, 0) is 21.4 Å². The number of amides is 1. The standard InChI is InChI=1S/C17H17N3O3S2/c1-25(22,23)20-15-10-6-5-9-14(15)19-17(20)24-12-16(21)18-11-13-7-3-2-4-8-13/h2-10H,11-12H2,1H3,(H,18,21). The summed E-state index contributed by atoms with van der Waals surface area (Å²) in [6.07, 6.45) is 1.13. The van der Waals surface area contributed by atoms with Crippen molar-refractivity contribution in [1.82, 2.24) is 14.3 Å². The van der Waals surface area contributed by atoms with Gasteiger partial charge in [-0.15, -0.1) is 0 Å². The largest absolute Gasteiger partial charge is 0.351 e. The summed E-state index contributed by atoms with van der Waals surface area (Å²) in [5.74, 6) is -0.0907. The van der Waals surface area contributed by atoms with Crippen molar-refractivity contribution in [2.75, 3.05) is 12.0 Å². The van der Waals surface area contributed by atoms with Gasteiger partial charge in [-0.2, -0.15) is 0 Å². The minimum absolute atomic E-state index is 0.0890. The van der Waals surface area contributed by atoms with Crippen LogP contribution in [0.2, 0.25) is 0 Å². The molecule has 1 aromatic heterocycles. The molecule has 0 bridgehead atoms. The molecule has 0 aliphatic rings. The maximum Gasteiger partial charge on any atom is 0.238 e. The Kier molecular flexibility index (Phi) is 5.10. The lowest BCUT2D eigenvalue weighted by molar-refractivity contribution is -0.118. The first-order valence-corrected chi connectivity index (χ1v) is 10.4. The van der Waals surface area contributed by atoms with Gasteiger partial charge in [0.05, 0.1) is 23.0 Å². The summed E-state index contributed by atoms with van der Waals surface area (Å²) in [5.41, 5.74) is 2.10. The van der Waals surface area contributed by atoms with Crippen LogP contribution < -0.4 is 5.32 Å². The summed E-state index contributed by atoms with van der Waals surface area (Å²) in [4.78, 5) is 16.4. The van der Waals surface area contributed by atoms with Gasteiger partial charge in [-0.25, -0.2) is 17.4 Å². The van der Waals surface area contributed by atoms with E-state index in [0.29, 0.717) is 22.7 Å². The molecule has 3 aromatic rings. The highest BCUT2D eigenvalue weighted by molar-refractivity contribution is 8.00. The number of benzene rings is 2. The van der Waals surface area contributed by atoms with E-state index in [0.717, 1.165) is 23.6 Å². The predicted octanol–water partition coefficient (Wildman–Crippen LogP) is 2.25. The first kappa shape index (κ1) is 17.5. The van der Waals surface area contributed by atoms with E-state index in [1.807, 2.05) is 30.3 Å². The molecule has 0 saturated carbocycles. The molecule has 1 heterocycles. The number of carbonyl (C=O) groups excluding carboxylic acids is 1. The average Bonchev–Trinajstić information content (AvgIpc) is 2.97. The van der Waals surface area contributed by atoms with Crippen LogP contribution >= 0.6 is 11.8 Å². The zero-order chi connectivity index (χ0) is 17.9. The maximum absolute atomic E-state index is 12.1. The molecule has 2 aromatic carbocycles. The lowest BCUT2D eigenvalue weighted by Crippen LogP contribution is -2.24. The molecule has 0 fully saturated rings. The minimum Gasteiger partial charge on any atom is -0.351 e. The fraction of sp³-hybridized carbons (Fsp3) is 0.176. The molecule has 6 nitrogen and oxygen atoms in total. The minimum atomic E-state index is -3.52. The number of rotatable bonds is 6. The number of fused-ring (bicyclic) bond motifs is 1. The van der Waals surface area contributed by atoms with Gasteiger partial charge in [0.2, 0.25) is 15.9 Å². The van der Waals surface area contributed by atoms with Crippen molar-refractivity contribution in [1.29, 1.82) is 0 Å². The number of nitrogens with zero attached hydrogens (tertiary/aromatic N) is 2. The number of para-hydroxylation sites is 2. The van der Waals surface area contributed by atoms with Gasteiger partial charge in [0.1, 0.15) is 0 Å². The molecule has 0 saturated heterocycles. The van der Waals surface area contributed by atoms with Crippen LogP contribution in [0.5, 0.6) is 0 Å². The third kappa shape index (κ3) is 4.21. The van der Waals surface area contributed by atoms with Crippen molar-refractivity contribution in [3.05, 3.63) is 60.2 Å². The van der Waals surface area contributed by atoms with E-state index in [4.69, 9.17) is 0 Å². The van der Waals surface area contributed by atoms with Gasteiger partial charge in [-0.1, -0.05) is 54.2 Å². The van der Waals surface area contributed by atoms with E-state index in [-0.39, 0.29) is 11.7 Å². The highest BCUT2D eigenvalue weighted by atomic mass is 32.2. The van der Waals surface area contributed by atoms with Crippen LogP contribution in [0, 0.1) is 0 Å². The van der Waals surface area contributed by atoms with Crippen molar-refractivity contribution in [3.8, 4) is 0 Å². The smallest absolute Gasteiger partial charge is 0.238 e. The first-order valence-electron chi connectivity index (χ1n) is 7.56. The molecular formula is C17H17N3O3S2. The summed E-state index contributed by atoms with van der Waals surface area (Å²) in [7, 11) is -3.52. The third-order valence-corrected chi connectivity index (χ3v) is 5.57. The second kappa shape index (κ2) is 7.28. The Hall–Kier alpha value is -2.32. The number of nitrogens with one attached hydrogen (secondary N) is 1. The molecule has 0 radical (unpaired) electrons. The van der Waals surface area contributed by atoms with E-state index in [1.54, 1.807) is 24.3 Å². The maximum atomic E-state index is 12.1. The van der Waals surface area contributed by atoms with Gasteiger partial charge >= 0.3 is 0 Å². The van der Waals surface area contributed by atoms with Gasteiger partial charge < -0.3 is 5.32 Å². The lowest BCUT2D eigenvalue weighted by Gasteiger charge is -2.07. The summed E-state index contributed by atoms with van der Waals surface area (Å²) < 4.78 is 25.4. The summed E-state index contributed by atoms with van der Waals surface area (Å²) in [6, 6.07) is 16.6. The Morgan fingerprint density at radius 1 is 1.12 bits per heavy atom. The van der Waals surface area contributed by atoms with Crippen molar-refractivity contribution < 1.29 is 13.2 Å². The molecule has 130 valence electrons. The molecule has 1 N–H and O–H groups in total. The number of thioether (sulfide) groups is 1. The molecule has 0 aliphatic carbocycles. The highest BCUT2D eigenvalue weighted by Gasteiger charge is 2.19. The topological polar surface area (TPSA) is 81.1 Å². The zero-order valence-electron chi connectivity index (χ0n) is 13.5. The number of aromatic nitrogens is 2. The number of hydrogen-bond donors (Lipinski definition) is 1. The van der Waals surface area contributed by atoms with Crippen LogP contribution in [0.25, 0.3) is 11.0 Å². The normalized spacial score (nSPS) is 11.6. The van der Waals surface area contributed by atoms with E-state index in [1.165, 1.54) is 3.97 Å². The SMILES string of the molecule is CS(=O)(=O)n1c(SCC(=O)NCc2ccccc2)nc2ccccc21. The highest BCUT2D eigenvalue weighted by Crippen LogP contribution is 2.25. The molecular weight excluding hydrogens is 358 g/mol. The van der Waals surface area contributed by atoms with E-state index < -0.39 is 10.0 Å². The van der Waals surface area contributed by atoms with Crippen molar-refractivity contribution in [2.24, 2.45) is 0 Å². The van der Waals surface area contributed by atoms with Gasteiger partial charge in [-0.05, 0) is 17.7 Å². The van der Waals surface area contributed by atoms with Gasteiger partial charge in [0.15, 0.2) is 5.16 Å². The fourth-order valence-electron chi connectivity index (χ4n) is 2.37. The molecule has 8 heteroatoms. The average molecular weight is 375 g/mol. The van der Waals surface area contributed by atoms with Crippen LogP contribution in [0.15, 0.2) is 59.8 Å². The second-order valence-electron chi connectivity index (χ2n) is 5.46. The molecule has 0 atom stereocenters. The third-order valence-electron chi connectivity index (χ3n) is 3.49. The van der Waals surface area contributed by atoms with Crippen molar-refractivity contribution >= 4 is 38.7 Å². The van der Waals surface area contributed by atoms with E-state index in [2.05, 4.69) is 10.3 Å². The van der Waals surface area contributed by atoms with Crippen molar-refractivity contribution in [2.45, 2.75) is 11.7 Å². The number of imidazole rings is 1.